The van der Waals surface area contributed by atoms with Crippen LogP contribution in [0.3, 0.4) is 0 Å². The van der Waals surface area contributed by atoms with E-state index in [1.54, 1.807) is 24.3 Å². The van der Waals surface area contributed by atoms with Crippen molar-refractivity contribution in [2.45, 2.75) is 81.2 Å². The highest BCUT2D eigenvalue weighted by Gasteiger charge is 2.50. The first-order chi connectivity index (χ1) is 17.7. The zero-order valence-corrected chi connectivity index (χ0v) is 20.2. The van der Waals surface area contributed by atoms with Crippen LogP contribution in [0.1, 0.15) is 16.7 Å². The van der Waals surface area contributed by atoms with Crippen molar-refractivity contribution in [3.63, 3.8) is 0 Å². The second-order valence-electron chi connectivity index (χ2n) is 8.94. The molecule has 37 heavy (non-hydrogen) atoms. The van der Waals surface area contributed by atoms with Gasteiger partial charge in [0, 0.05) is 0 Å². The summed E-state index contributed by atoms with van der Waals surface area (Å²) in [7, 11) is 0. The van der Waals surface area contributed by atoms with Gasteiger partial charge in [0.05, 0.1) is 39.6 Å². The molecule has 1 aromatic carbocycles. The monoisotopic (exact) mass is 532 g/mol. The van der Waals surface area contributed by atoms with Gasteiger partial charge in [-0.1, -0.05) is 24.3 Å². The molecule has 2 aliphatic rings. The minimum absolute atomic E-state index is 0.0922. The maximum Gasteiger partial charge on any atom is 0.187 e. The lowest BCUT2D eigenvalue weighted by Gasteiger charge is -2.45. The molecule has 13 heteroatoms. The molecular formula is C24H36O13. The van der Waals surface area contributed by atoms with Gasteiger partial charge in [0.2, 0.25) is 0 Å². The van der Waals surface area contributed by atoms with Gasteiger partial charge in [0.15, 0.2) is 12.6 Å². The van der Waals surface area contributed by atoms with Gasteiger partial charge < -0.3 is 64.5 Å². The van der Waals surface area contributed by atoms with Crippen molar-refractivity contribution in [1.29, 1.82) is 0 Å². The summed E-state index contributed by atoms with van der Waals surface area (Å²) in [5.74, 6) is 0. The Bertz CT molecular complexity index is 852. The van der Waals surface area contributed by atoms with Crippen LogP contribution in [0.15, 0.2) is 30.9 Å². The highest BCUT2D eigenvalue weighted by molar-refractivity contribution is 5.29. The van der Waals surface area contributed by atoms with E-state index in [1.807, 2.05) is 0 Å². The molecule has 0 saturated carbocycles. The summed E-state index contributed by atoms with van der Waals surface area (Å²) in [6.07, 6.45) is -13.8. The van der Waals surface area contributed by atoms with Gasteiger partial charge >= 0.3 is 0 Å². The van der Waals surface area contributed by atoms with E-state index >= 15 is 0 Å². The summed E-state index contributed by atoms with van der Waals surface area (Å²) in [5.41, 5.74) is 2.00. The van der Waals surface area contributed by atoms with Gasteiger partial charge in [-0.05, 0) is 16.7 Å². The van der Waals surface area contributed by atoms with Crippen LogP contribution in [-0.2, 0) is 43.5 Å². The van der Waals surface area contributed by atoms with Crippen LogP contribution >= 0.6 is 0 Å². The van der Waals surface area contributed by atoms with Crippen molar-refractivity contribution in [3.8, 4) is 0 Å². The first-order valence-corrected chi connectivity index (χ1v) is 11.8. The van der Waals surface area contributed by atoms with Crippen LogP contribution in [0.2, 0.25) is 0 Å². The van der Waals surface area contributed by atoms with Gasteiger partial charge in [-0.2, -0.15) is 0 Å². The molecule has 2 heterocycles. The fourth-order valence-corrected chi connectivity index (χ4v) is 4.22. The third-order valence-corrected chi connectivity index (χ3v) is 6.18. The maximum atomic E-state index is 10.9. The normalized spacial score (nSPS) is 36.4. The summed E-state index contributed by atoms with van der Waals surface area (Å²) in [5, 5.41) is 80.3. The van der Waals surface area contributed by atoms with Crippen LogP contribution in [0.4, 0.5) is 0 Å². The summed E-state index contributed by atoms with van der Waals surface area (Å²) in [6, 6.07) is 5.23. The van der Waals surface area contributed by atoms with Crippen LogP contribution < -0.4 is 0 Å². The summed E-state index contributed by atoms with van der Waals surface area (Å²) >= 11 is 0. The number of hydrogen-bond acceptors (Lipinski definition) is 13. The smallest absolute Gasteiger partial charge is 0.187 e. The van der Waals surface area contributed by atoms with E-state index in [4.69, 9.17) is 23.7 Å². The Balaban J connectivity index is 1.71. The average molecular weight is 533 g/mol. The first-order valence-electron chi connectivity index (χ1n) is 11.8. The Morgan fingerprint density at radius 1 is 0.730 bits per heavy atom. The number of hydrogen-bond donors (Lipinski definition) is 8. The number of aliphatic hydroxyl groups excluding tert-OH is 8. The van der Waals surface area contributed by atoms with Crippen LogP contribution in [0, 0.1) is 0 Å². The van der Waals surface area contributed by atoms with Crippen molar-refractivity contribution < 1.29 is 64.5 Å². The molecule has 13 nitrogen and oxygen atoms in total. The highest BCUT2D eigenvalue weighted by Crippen LogP contribution is 2.30. The van der Waals surface area contributed by atoms with Gasteiger partial charge in [0.25, 0.3) is 0 Å². The lowest BCUT2D eigenvalue weighted by atomic mass is 9.97. The Labute approximate surface area is 213 Å². The molecule has 2 saturated heterocycles. The van der Waals surface area contributed by atoms with E-state index in [0.717, 1.165) is 5.56 Å². The van der Waals surface area contributed by atoms with Gasteiger partial charge in [0.1, 0.15) is 48.8 Å². The van der Waals surface area contributed by atoms with Crippen molar-refractivity contribution in [3.05, 3.63) is 47.5 Å². The van der Waals surface area contributed by atoms with E-state index in [-0.39, 0.29) is 19.8 Å². The fourth-order valence-electron chi connectivity index (χ4n) is 4.22. The Kier molecular flexibility index (Phi) is 11.4. The predicted octanol–water partition coefficient (Wildman–Crippen LogP) is -2.98. The lowest BCUT2D eigenvalue weighted by molar-refractivity contribution is -0.361. The van der Waals surface area contributed by atoms with Crippen molar-refractivity contribution in [1.82, 2.24) is 0 Å². The Morgan fingerprint density at radius 3 is 1.95 bits per heavy atom. The third-order valence-electron chi connectivity index (χ3n) is 6.18. The SMILES string of the molecule is C=CCOCc1cc(CO)cc(CO[C@@H]2O[C@H](CO)[C@@H](O)[C@H](O[C@@H]3O[C@H](CO)[C@H](O)[C@H](O)[C@H]3O)[C@H]2O)c1. The molecule has 0 amide bonds. The minimum atomic E-state index is -1.77. The second-order valence-corrected chi connectivity index (χ2v) is 8.94. The van der Waals surface area contributed by atoms with Gasteiger partial charge in [-0.3, -0.25) is 0 Å². The molecule has 0 aliphatic carbocycles. The lowest BCUT2D eigenvalue weighted by Crippen LogP contribution is -2.64. The molecule has 2 aliphatic heterocycles. The van der Waals surface area contributed by atoms with Crippen molar-refractivity contribution in [2.24, 2.45) is 0 Å². The fraction of sp³-hybridized carbons (Fsp3) is 0.667. The van der Waals surface area contributed by atoms with E-state index in [9.17, 15) is 40.9 Å². The molecule has 0 radical (unpaired) electrons. The second kappa shape index (κ2) is 14.0. The first kappa shape index (κ1) is 30.0. The largest absolute Gasteiger partial charge is 0.394 e. The van der Waals surface area contributed by atoms with Crippen molar-refractivity contribution in [2.75, 3.05) is 19.8 Å². The van der Waals surface area contributed by atoms with Crippen LogP contribution in [0.5, 0.6) is 0 Å². The molecule has 0 bridgehead atoms. The van der Waals surface area contributed by atoms with Gasteiger partial charge in [-0.15, -0.1) is 6.58 Å². The van der Waals surface area contributed by atoms with E-state index in [0.29, 0.717) is 17.7 Å². The molecule has 1 aromatic rings. The standard InChI is InChI=1S/C24H36O13/c1-2-3-33-10-13-4-12(7-25)5-14(6-13)11-34-23-21(32)22(18(29)16(9-27)35-23)37-24-20(31)19(30)17(28)15(8-26)36-24/h2,4-6,15-32H,1,3,7-11H2/t15-,16-,17+,18-,19+,20-,21-,22+,23-,24+/m1/s1. The molecule has 10 atom stereocenters. The molecular weight excluding hydrogens is 496 g/mol. The zero-order valence-electron chi connectivity index (χ0n) is 20.2. The predicted molar refractivity (Wildman–Crippen MR) is 123 cm³/mol. The summed E-state index contributed by atoms with van der Waals surface area (Å²) in [4.78, 5) is 0. The molecule has 2 fully saturated rings. The Morgan fingerprint density at radius 2 is 1.32 bits per heavy atom. The van der Waals surface area contributed by atoms with Crippen molar-refractivity contribution >= 4 is 0 Å². The minimum Gasteiger partial charge on any atom is -0.394 e. The van der Waals surface area contributed by atoms with Crippen LogP contribution in [-0.4, -0.2) is 122 Å². The number of rotatable bonds is 12. The van der Waals surface area contributed by atoms with Crippen LogP contribution in [0.25, 0.3) is 0 Å². The summed E-state index contributed by atoms with van der Waals surface area (Å²) < 4.78 is 27.5. The maximum absolute atomic E-state index is 10.9. The van der Waals surface area contributed by atoms with E-state index in [1.165, 1.54) is 0 Å². The summed E-state index contributed by atoms with van der Waals surface area (Å²) in [6.45, 7) is 2.53. The molecule has 0 unspecified atom stereocenters. The molecule has 0 spiro atoms. The molecule has 0 aromatic heterocycles. The van der Waals surface area contributed by atoms with E-state index in [2.05, 4.69) is 6.58 Å². The average Bonchev–Trinajstić information content (AvgIpc) is 2.90. The highest BCUT2D eigenvalue weighted by atomic mass is 16.7. The van der Waals surface area contributed by atoms with E-state index < -0.39 is 74.6 Å². The quantitative estimate of drug-likeness (QED) is 0.1000. The molecule has 210 valence electrons. The topological polar surface area (TPSA) is 208 Å². The Hall–Kier alpha value is -1.56. The number of benzene rings is 1. The third kappa shape index (κ3) is 7.30. The zero-order chi connectivity index (χ0) is 27.1. The molecule has 8 N–H and O–H groups in total. The number of ether oxygens (including phenoxy) is 5. The number of aliphatic hydroxyl groups is 8. The molecule has 3 rings (SSSR count). The van der Waals surface area contributed by atoms with Gasteiger partial charge in [-0.25, -0.2) is 0 Å².